The number of carbonyl (C=O) groups excluding carboxylic acids is 6. The van der Waals surface area contributed by atoms with Crippen LogP contribution in [0.2, 0.25) is 0 Å². The molecule has 20 nitrogen and oxygen atoms in total. The summed E-state index contributed by atoms with van der Waals surface area (Å²) in [5, 5.41) is 18.2. The molecule has 0 N–H and O–H groups in total. The summed E-state index contributed by atoms with van der Waals surface area (Å²) < 4.78 is 93.8. The van der Waals surface area contributed by atoms with Crippen molar-refractivity contribution < 1.29 is 109 Å². The van der Waals surface area contributed by atoms with Crippen LogP contribution in [0.1, 0.15) is 54.0 Å². The average molecular weight is 1000 g/mol. The van der Waals surface area contributed by atoms with Crippen LogP contribution in [-0.4, -0.2) is 135 Å². The number of carboxylic acid groups (broad SMARTS) is 1. The van der Waals surface area contributed by atoms with Gasteiger partial charge in [0.05, 0.1) is 44.8 Å². The summed E-state index contributed by atoms with van der Waals surface area (Å²) in [5.74, 6) is -5.70. The van der Waals surface area contributed by atoms with Gasteiger partial charge in [-0.2, -0.15) is 37.4 Å². The molecule has 4 aliphatic heterocycles. The third-order valence-corrected chi connectivity index (χ3v) is 8.59. The minimum atomic E-state index is -4.60. The number of rotatable bonds is 11. The number of nitrogens with zero attached hydrogens (tertiary/aromatic N) is 6. The molecular weight excluding hydrogens is 957 g/mol. The maximum atomic E-state index is 14.2. The number of ether oxygens (including phenoxy) is 3. The van der Waals surface area contributed by atoms with Crippen molar-refractivity contribution in [2.45, 2.75) is 65.8 Å². The van der Waals surface area contributed by atoms with Crippen molar-refractivity contribution in [3.63, 3.8) is 0 Å². The first-order valence-electron chi connectivity index (χ1n) is 18.1. The van der Waals surface area contributed by atoms with Gasteiger partial charge in [0.15, 0.2) is 0 Å². The maximum Gasteiger partial charge on any atom is 1.00 e. The second-order valence-corrected chi connectivity index (χ2v) is 15.4. The molecule has 2 atom stereocenters. The van der Waals surface area contributed by atoms with Crippen molar-refractivity contribution in [3.8, 4) is 0 Å². The van der Waals surface area contributed by atoms with Crippen LogP contribution in [0.5, 0.6) is 0 Å². The molecule has 0 aromatic carbocycles. The third-order valence-electron chi connectivity index (χ3n) is 8.28. The number of fused-ring (bicyclic) bond motifs is 4. The SMILES string of the molecule is CC(C)(C)C(=O)OCI.CC(C)(C)C(=O)OCOC(=O)C(F)(F)ON1C(=O)N2CC=C(c3cnoc3)C1C2.O=C1N2CC=C(c3cnoc3)C(C2)N1OC(F)(F)C(=O)[O-].[2H]CF.[Li+]. The average Bonchev–Trinajstić information content (AvgIpc) is 4.01. The Bertz CT molecular complexity index is 1970. The monoisotopic (exact) mass is 999 g/mol. The fraction of sp³-hybridized carbons (Fsp3) is 0.543. The quantitative estimate of drug-likeness (QED) is 0.0756. The van der Waals surface area contributed by atoms with E-state index in [9.17, 15) is 55.8 Å². The van der Waals surface area contributed by atoms with Crippen molar-refractivity contribution in [3.05, 3.63) is 48.2 Å². The molecule has 2 aromatic rings. The van der Waals surface area contributed by atoms with Crippen molar-refractivity contribution in [2.24, 2.45) is 10.8 Å². The molecule has 2 saturated heterocycles. The van der Waals surface area contributed by atoms with Gasteiger partial charge in [-0.25, -0.2) is 14.4 Å². The number of hydrogen-bond acceptors (Lipinski definition) is 16. The van der Waals surface area contributed by atoms with Crippen LogP contribution < -0.4 is 24.0 Å². The molecule has 0 aliphatic carbocycles. The van der Waals surface area contributed by atoms with Gasteiger partial charge in [-0.1, -0.05) is 22.5 Å². The number of aromatic nitrogens is 2. The minimum Gasteiger partial charge on any atom is -0.542 e. The second kappa shape index (κ2) is 22.0. The van der Waals surface area contributed by atoms with Crippen LogP contribution in [0, 0.1) is 10.8 Å². The molecule has 6 heterocycles. The molecule has 2 unspecified atom stereocenters. The number of carboxylic acids is 1. The summed E-state index contributed by atoms with van der Waals surface area (Å²) >= 11 is 2.00. The molecule has 0 radical (unpaired) electrons. The van der Waals surface area contributed by atoms with E-state index in [0.717, 1.165) is 0 Å². The Morgan fingerprint density at radius 2 is 1.16 bits per heavy atom. The number of hydrogen-bond donors (Lipinski definition) is 0. The van der Waals surface area contributed by atoms with Crippen LogP contribution in [0.4, 0.5) is 31.5 Å². The van der Waals surface area contributed by atoms with Crippen LogP contribution in [0.25, 0.3) is 11.1 Å². The summed E-state index contributed by atoms with van der Waals surface area (Å²) in [6.45, 7) is 9.67. The van der Waals surface area contributed by atoms with E-state index in [4.69, 9.17) is 10.6 Å². The van der Waals surface area contributed by atoms with Crippen molar-refractivity contribution in [1.29, 1.82) is 0 Å². The zero-order valence-corrected chi connectivity index (χ0v) is 36.4. The number of hydroxylamine groups is 4. The number of carbonyl (C=O) groups is 6. The van der Waals surface area contributed by atoms with Gasteiger partial charge in [0.25, 0.3) is 0 Å². The molecule has 62 heavy (non-hydrogen) atoms. The zero-order valence-electron chi connectivity index (χ0n) is 35.2. The Kier molecular flexibility index (Phi) is 18.3. The second-order valence-electron chi connectivity index (χ2n) is 14.7. The van der Waals surface area contributed by atoms with E-state index in [1.807, 2.05) is 43.4 Å². The Hall–Kier alpha value is -4.78. The standard InChI is InChI=1S/C17H19F2N3O7.C11H9F2N3O5.C6H11IO2.CH3F.Li/c1-16(2,3)13(23)26-9-27-14(24)17(18,19)29-22-12-7-21(15(22)25)5-4-11(12)10-6-20-28-8-10;12-11(13,9(17)18)21-16-8-4-15(10(16)19)2-1-7(8)6-3-14-20-5-6;1-6(2,3)5(8)9-4-7;1-2;/h4,6,8,12H,5,7,9H2,1-3H3;1,3,5,8H,2,4H2,(H,17,18);4H2,1-3H3;1H3;/q;;;;+1/p-1/i;;;1D;. The predicted molar refractivity (Wildman–Crippen MR) is 199 cm³/mol. The molecule has 0 spiro atoms. The van der Waals surface area contributed by atoms with Crippen LogP contribution >= 0.6 is 22.6 Å². The van der Waals surface area contributed by atoms with E-state index in [0.29, 0.717) is 37.0 Å². The maximum absolute atomic E-state index is 14.2. The third kappa shape index (κ3) is 13.4. The first-order valence-corrected chi connectivity index (χ1v) is 19.0. The number of amides is 4. The molecule has 6 rings (SSSR count). The summed E-state index contributed by atoms with van der Waals surface area (Å²) in [6.07, 6.45) is -0.463. The Morgan fingerprint density at radius 1 is 0.774 bits per heavy atom. The van der Waals surface area contributed by atoms with Crippen LogP contribution in [0.3, 0.4) is 0 Å². The Balaban J connectivity index is 0.000000350. The topological polar surface area (TPSA) is 237 Å². The van der Waals surface area contributed by atoms with Crippen molar-refractivity contribution in [1.82, 2.24) is 30.2 Å². The molecule has 0 saturated carbocycles. The number of urea groups is 2. The molecule has 2 fully saturated rings. The van der Waals surface area contributed by atoms with Gasteiger partial charge in [-0.15, -0.1) is 0 Å². The fourth-order valence-corrected chi connectivity index (χ4v) is 5.54. The number of aliphatic carboxylic acids is 1. The minimum absolute atomic E-state index is 0. The van der Waals surface area contributed by atoms with Gasteiger partial charge < -0.3 is 43.0 Å². The fourth-order valence-electron chi connectivity index (χ4n) is 5.26. The van der Waals surface area contributed by atoms with Crippen LogP contribution in [0.15, 0.2) is 46.1 Å². The van der Waals surface area contributed by atoms with Gasteiger partial charge in [0, 0.05) is 24.2 Å². The van der Waals surface area contributed by atoms with E-state index in [1.165, 1.54) is 34.7 Å². The summed E-state index contributed by atoms with van der Waals surface area (Å²) in [6, 6.07) is -3.45. The summed E-state index contributed by atoms with van der Waals surface area (Å²) in [4.78, 5) is 79.7. The van der Waals surface area contributed by atoms with Crippen molar-refractivity contribution in [2.75, 3.05) is 44.7 Å². The number of esters is 3. The zero-order chi connectivity index (χ0) is 46.8. The van der Waals surface area contributed by atoms with E-state index in [1.54, 1.807) is 32.9 Å². The first-order chi connectivity index (χ1) is 28.8. The van der Waals surface area contributed by atoms with E-state index in [-0.39, 0.29) is 56.4 Å². The van der Waals surface area contributed by atoms with Gasteiger partial charge in [-0.05, 0) is 75.3 Å². The number of halogens is 6. The smallest absolute Gasteiger partial charge is 0.542 e. The first kappa shape index (κ1) is 51.6. The summed E-state index contributed by atoms with van der Waals surface area (Å²) in [5.41, 5.74) is 0.733. The predicted octanol–water partition coefficient (Wildman–Crippen LogP) is 0.802. The van der Waals surface area contributed by atoms with Crippen molar-refractivity contribution >= 4 is 69.7 Å². The largest absolute Gasteiger partial charge is 1.00 e. The molecule has 4 amide bonds. The van der Waals surface area contributed by atoms with Gasteiger partial charge >= 0.3 is 61.0 Å². The van der Waals surface area contributed by atoms with Gasteiger partial charge in [-0.3, -0.25) is 14.0 Å². The number of alkyl halides is 6. The van der Waals surface area contributed by atoms with E-state index >= 15 is 0 Å². The normalized spacial score (nSPS) is 18.3. The van der Waals surface area contributed by atoms with E-state index in [2.05, 4.69) is 34.0 Å². The molecule has 4 bridgehead atoms. The molecule has 4 aliphatic rings. The molecule has 2 aromatic heterocycles. The molecule has 27 heteroatoms. The Morgan fingerprint density at radius 3 is 1.50 bits per heavy atom. The molecular formula is C35H41F5ILiN6O14. The summed E-state index contributed by atoms with van der Waals surface area (Å²) in [7, 11) is -1.00. The Labute approximate surface area is 377 Å². The van der Waals surface area contributed by atoms with Gasteiger partial charge in [0.1, 0.15) is 35.2 Å². The van der Waals surface area contributed by atoms with Crippen LogP contribution in [-0.2, 0) is 43.1 Å². The molecule has 338 valence electrons. The van der Waals surface area contributed by atoms with E-state index < -0.39 is 73.6 Å². The van der Waals surface area contributed by atoms with Gasteiger partial charge in [0.2, 0.25) is 6.79 Å².